The maximum atomic E-state index is 12.9. The lowest BCUT2D eigenvalue weighted by Gasteiger charge is -2.36. The van der Waals surface area contributed by atoms with E-state index in [0.717, 1.165) is 38.4 Å². The summed E-state index contributed by atoms with van der Waals surface area (Å²) >= 11 is 0. The molecule has 1 aliphatic heterocycles. The van der Waals surface area contributed by atoms with E-state index in [1.54, 1.807) is 6.92 Å². The van der Waals surface area contributed by atoms with Crippen molar-refractivity contribution in [3.8, 4) is 6.07 Å². The molecule has 1 aromatic carbocycles. The quantitative estimate of drug-likeness (QED) is 0.907. The van der Waals surface area contributed by atoms with E-state index in [1.807, 2.05) is 12.1 Å². The number of benzene rings is 1. The highest BCUT2D eigenvalue weighted by Gasteiger charge is 2.21. The SMILES string of the molecule is CC(N)(C#N)CCN1CCN(c2ccc(F)cc2)CC1. The number of nitrogens with zero attached hydrogens (tertiary/aromatic N) is 3. The minimum absolute atomic E-state index is 0.203. The zero-order chi connectivity index (χ0) is 14.6. The van der Waals surface area contributed by atoms with Crippen molar-refractivity contribution >= 4 is 5.69 Å². The average molecular weight is 276 g/mol. The Bertz CT molecular complexity index is 470. The van der Waals surface area contributed by atoms with Gasteiger partial charge in [-0.3, -0.25) is 4.90 Å². The maximum Gasteiger partial charge on any atom is 0.123 e. The summed E-state index contributed by atoms with van der Waals surface area (Å²) in [4.78, 5) is 4.57. The van der Waals surface area contributed by atoms with Gasteiger partial charge in [-0.25, -0.2) is 4.39 Å². The normalized spacial score (nSPS) is 19.4. The van der Waals surface area contributed by atoms with E-state index in [4.69, 9.17) is 11.0 Å². The number of halogens is 1. The van der Waals surface area contributed by atoms with Crippen LogP contribution in [0.15, 0.2) is 24.3 Å². The second-order valence-corrected chi connectivity index (χ2v) is 5.58. The predicted octanol–water partition coefficient (Wildman–Crippen LogP) is 1.58. The van der Waals surface area contributed by atoms with Crippen LogP contribution in [0.25, 0.3) is 0 Å². The molecule has 4 nitrogen and oxygen atoms in total. The molecule has 0 radical (unpaired) electrons. The van der Waals surface area contributed by atoms with Crippen LogP contribution >= 0.6 is 0 Å². The highest BCUT2D eigenvalue weighted by molar-refractivity contribution is 5.46. The molecule has 1 fully saturated rings. The smallest absolute Gasteiger partial charge is 0.123 e. The highest BCUT2D eigenvalue weighted by Crippen LogP contribution is 2.17. The summed E-state index contributed by atoms with van der Waals surface area (Å²) in [6.45, 7) is 6.33. The van der Waals surface area contributed by atoms with Crippen molar-refractivity contribution in [2.75, 3.05) is 37.6 Å². The number of nitrogens with two attached hydrogens (primary N) is 1. The molecular weight excluding hydrogens is 255 g/mol. The number of piperazine rings is 1. The van der Waals surface area contributed by atoms with Crippen LogP contribution in [-0.4, -0.2) is 43.2 Å². The van der Waals surface area contributed by atoms with E-state index in [-0.39, 0.29) is 5.82 Å². The number of rotatable bonds is 4. The van der Waals surface area contributed by atoms with E-state index >= 15 is 0 Å². The summed E-state index contributed by atoms with van der Waals surface area (Å²) in [5.74, 6) is -0.203. The molecule has 0 aromatic heterocycles. The van der Waals surface area contributed by atoms with Crippen LogP contribution in [0.4, 0.5) is 10.1 Å². The molecule has 0 amide bonds. The van der Waals surface area contributed by atoms with Gasteiger partial charge in [-0.15, -0.1) is 0 Å². The van der Waals surface area contributed by atoms with Crippen molar-refractivity contribution in [3.05, 3.63) is 30.1 Å². The van der Waals surface area contributed by atoms with E-state index < -0.39 is 5.54 Å². The van der Waals surface area contributed by atoms with Gasteiger partial charge in [0.1, 0.15) is 11.4 Å². The number of anilines is 1. The lowest BCUT2D eigenvalue weighted by molar-refractivity contribution is 0.242. The van der Waals surface area contributed by atoms with Gasteiger partial charge in [0.05, 0.1) is 6.07 Å². The molecule has 1 heterocycles. The molecule has 1 unspecified atom stereocenters. The Hall–Kier alpha value is -1.64. The fourth-order valence-corrected chi connectivity index (χ4v) is 2.33. The molecule has 1 aliphatic rings. The fraction of sp³-hybridized carbons (Fsp3) is 0.533. The lowest BCUT2D eigenvalue weighted by Crippen LogP contribution is -2.48. The molecule has 108 valence electrons. The third-order valence-corrected chi connectivity index (χ3v) is 3.77. The third kappa shape index (κ3) is 3.92. The molecule has 20 heavy (non-hydrogen) atoms. The topological polar surface area (TPSA) is 56.3 Å². The van der Waals surface area contributed by atoms with Crippen molar-refractivity contribution in [3.63, 3.8) is 0 Å². The minimum atomic E-state index is -0.742. The van der Waals surface area contributed by atoms with Gasteiger partial charge < -0.3 is 10.6 Å². The van der Waals surface area contributed by atoms with Crippen LogP contribution in [0.3, 0.4) is 0 Å². The number of nitriles is 1. The summed E-state index contributed by atoms with van der Waals surface area (Å²) in [5, 5.41) is 8.90. The second-order valence-electron chi connectivity index (χ2n) is 5.58. The first-order valence-electron chi connectivity index (χ1n) is 6.93. The minimum Gasteiger partial charge on any atom is -0.369 e. The first-order valence-corrected chi connectivity index (χ1v) is 6.93. The van der Waals surface area contributed by atoms with Crippen LogP contribution in [0, 0.1) is 17.1 Å². The highest BCUT2D eigenvalue weighted by atomic mass is 19.1. The first-order chi connectivity index (χ1) is 9.50. The Labute approximate surface area is 119 Å². The van der Waals surface area contributed by atoms with Gasteiger partial charge in [-0.05, 0) is 37.6 Å². The largest absolute Gasteiger partial charge is 0.369 e. The molecule has 1 saturated heterocycles. The Morgan fingerprint density at radius 2 is 1.85 bits per heavy atom. The van der Waals surface area contributed by atoms with Gasteiger partial charge in [0.25, 0.3) is 0 Å². The van der Waals surface area contributed by atoms with E-state index in [2.05, 4.69) is 15.9 Å². The van der Waals surface area contributed by atoms with Gasteiger partial charge in [0.15, 0.2) is 0 Å². The maximum absolute atomic E-state index is 12.9. The van der Waals surface area contributed by atoms with E-state index in [9.17, 15) is 4.39 Å². The number of hydrogen-bond acceptors (Lipinski definition) is 4. The van der Waals surface area contributed by atoms with Crippen LogP contribution in [0.1, 0.15) is 13.3 Å². The molecular formula is C15H21FN4. The Kier molecular flexibility index (Phi) is 4.58. The van der Waals surface area contributed by atoms with Crippen molar-refractivity contribution in [2.45, 2.75) is 18.9 Å². The van der Waals surface area contributed by atoms with E-state index in [0.29, 0.717) is 6.42 Å². The van der Waals surface area contributed by atoms with Crippen molar-refractivity contribution in [2.24, 2.45) is 5.73 Å². The standard InChI is InChI=1S/C15H21FN4/c1-15(18,12-17)6-7-19-8-10-20(11-9-19)14-4-2-13(16)3-5-14/h2-5H,6-11,18H2,1H3. The van der Waals surface area contributed by atoms with Gasteiger partial charge in [-0.1, -0.05) is 0 Å². The summed E-state index contributed by atoms with van der Waals surface area (Å²) in [7, 11) is 0. The predicted molar refractivity (Wildman–Crippen MR) is 77.9 cm³/mol. The van der Waals surface area contributed by atoms with E-state index in [1.165, 1.54) is 12.1 Å². The molecule has 1 atom stereocenters. The monoisotopic (exact) mass is 276 g/mol. The third-order valence-electron chi connectivity index (χ3n) is 3.77. The molecule has 0 aliphatic carbocycles. The summed E-state index contributed by atoms with van der Waals surface area (Å²) in [6, 6.07) is 8.75. The van der Waals surface area contributed by atoms with Gasteiger partial charge in [-0.2, -0.15) is 5.26 Å². The molecule has 2 N–H and O–H groups in total. The summed E-state index contributed by atoms with van der Waals surface area (Å²) in [6.07, 6.45) is 0.681. The van der Waals surface area contributed by atoms with Crippen LogP contribution in [-0.2, 0) is 0 Å². The number of hydrogen-bond donors (Lipinski definition) is 1. The first kappa shape index (κ1) is 14.8. The lowest BCUT2D eigenvalue weighted by atomic mass is 10.0. The Morgan fingerprint density at radius 1 is 1.25 bits per heavy atom. The van der Waals surface area contributed by atoms with Crippen LogP contribution < -0.4 is 10.6 Å². The second kappa shape index (κ2) is 6.21. The molecule has 0 bridgehead atoms. The summed E-state index contributed by atoms with van der Waals surface area (Å²) in [5.41, 5.74) is 6.15. The Morgan fingerprint density at radius 3 is 2.40 bits per heavy atom. The molecule has 5 heteroatoms. The van der Waals surface area contributed by atoms with Crippen molar-refractivity contribution in [1.29, 1.82) is 5.26 Å². The molecule has 2 rings (SSSR count). The Balaban J connectivity index is 1.81. The fourth-order valence-electron chi connectivity index (χ4n) is 2.33. The van der Waals surface area contributed by atoms with Gasteiger partial charge >= 0.3 is 0 Å². The van der Waals surface area contributed by atoms with Crippen LogP contribution in [0.2, 0.25) is 0 Å². The van der Waals surface area contributed by atoms with Crippen molar-refractivity contribution < 1.29 is 4.39 Å². The van der Waals surface area contributed by atoms with Gasteiger partial charge in [0.2, 0.25) is 0 Å². The van der Waals surface area contributed by atoms with Gasteiger partial charge in [0, 0.05) is 38.4 Å². The molecule has 0 spiro atoms. The van der Waals surface area contributed by atoms with Crippen LogP contribution in [0.5, 0.6) is 0 Å². The van der Waals surface area contributed by atoms with Crippen molar-refractivity contribution in [1.82, 2.24) is 4.90 Å². The molecule has 0 saturated carbocycles. The average Bonchev–Trinajstić information content (AvgIpc) is 2.47. The molecule has 1 aromatic rings. The zero-order valence-corrected chi connectivity index (χ0v) is 11.8. The summed E-state index contributed by atoms with van der Waals surface area (Å²) < 4.78 is 12.9. The zero-order valence-electron chi connectivity index (χ0n) is 11.8.